The molecule has 3 aromatic rings. The van der Waals surface area contributed by atoms with Crippen LogP contribution in [0.25, 0.3) is 0 Å². The number of carbonyl (C=O) groups is 1. The van der Waals surface area contributed by atoms with Crippen molar-refractivity contribution in [2.75, 3.05) is 5.32 Å². The average molecular weight is 406 g/mol. The van der Waals surface area contributed by atoms with Crippen LogP contribution in [0, 0.1) is 0 Å². The number of aryl methyl sites for hydroxylation is 1. The summed E-state index contributed by atoms with van der Waals surface area (Å²) in [5, 5.41) is 3.27. The van der Waals surface area contributed by atoms with Crippen molar-refractivity contribution in [1.29, 1.82) is 0 Å². The van der Waals surface area contributed by atoms with E-state index in [0.717, 1.165) is 23.3 Å². The van der Waals surface area contributed by atoms with E-state index in [0.29, 0.717) is 15.6 Å². The molecule has 0 saturated carbocycles. The van der Waals surface area contributed by atoms with E-state index in [1.54, 1.807) is 6.07 Å². The summed E-state index contributed by atoms with van der Waals surface area (Å²) in [5.74, 6) is -0.333. The van der Waals surface area contributed by atoms with E-state index in [-0.39, 0.29) is 15.0 Å². The van der Waals surface area contributed by atoms with E-state index in [1.807, 2.05) is 25.1 Å². The zero-order valence-corrected chi connectivity index (χ0v) is 16.3. The average Bonchev–Trinajstić information content (AvgIpc) is 3.13. The Hall–Kier alpha value is -2.15. The van der Waals surface area contributed by atoms with Crippen LogP contribution in [-0.4, -0.2) is 14.3 Å². The number of thiophene rings is 1. The molecule has 0 saturated heterocycles. The van der Waals surface area contributed by atoms with Crippen molar-refractivity contribution in [3.63, 3.8) is 0 Å². The van der Waals surface area contributed by atoms with E-state index < -0.39 is 9.84 Å². The molecular weight excluding hydrogens is 390 g/mol. The van der Waals surface area contributed by atoms with Gasteiger partial charge in [0.25, 0.3) is 5.91 Å². The Labute approximate surface area is 161 Å². The zero-order valence-electron chi connectivity index (χ0n) is 13.9. The molecule has 0 unspecified atom stereocenters. The van der Waals surface area contributed by atoms with E-state index in [4.69, 9.17) is 11.6 Å². The number of anilines is 1. The van der Waals surface area contributed by atoms with Gasteiger partial charge < -0.3 is 5.32 Å². The minimum Gasteiger partial charge on any atom is -0.321 e. The molecule has 4 nitrogen and oxygen atoms in total. The van der Waals surface area contributed by atoms with Crippen molar-refractivity contribution < 1.29 is 13.2 Å². The fraction of sp³-hybridized carbons (Fsp3) is 0.105. The molecule has 0 spiro atoms. The van der Waals surface area contributed by atoms with Gasteiger partial charge in [0.1, 0.15) is 4.21 Å². The van der Waals surface area contributed by atoms with Gasteiger partial charge in [-0.2, -0.15) is 0 Å². The molecule has 1 heterocycles. The first kappa shape index (κ1) is 18.6. The number of amides is 1. The molecule has 2 aromatic carbocycles. The van der Waals surface area contributed by atoms with Crippen molar-refractivity contribution in [3.05, 3.63) is 76.1 Å². The number of nitrogens with one attached hydrogen (secondary N) is 1. The first-order valence-corrected chi connectivity index (χ1v) is 10.6. The lowest BCUT2D eigenvalue weighted by atomic mass is 10.1. The Morgan fingerprint density at radius 1 is 1.08 bits per heavy atom. The van der Waals surface area contributed by atoms with Crippen LogP contribution in [0.1, 0.15) is 22.2 Å². The molecule has 3 rings (SSSR count). The number of carbonyl (C=O) groups excluding carboxylic acids is 1. The number of sulfone groups is 1. The Kier molecular flexibility index (Phi) is 5.46. The van der Waals surface area contributed by atoms with Gasteiger partial charge in [0.15, 0.2) is 0 Å². The number of hydrogen-bond acceptors (Lipinski definition) is 4. The highest BCUT2D eigenvalue weighted by Crippen LogP contribution is 2.29. The van der Waals surface area contributed by atoms with Gasteiger partial charge in [-0.1, -0.05) is 30.7 Å². The Morgan fingerprint density at radius 2 is 1.81 bits per heavy atom. The van der Waals surface area contributed by atoms with Crippen LogP contribution >= 0.6 is 22.9 Å². The van der Waals surface area contributed by atoms with Gasteiger partial charge in [-0.05, 0) is 60.5 Å². The molecule has 0 aliphatic rings. The van der Waals surface area contributed by atoms with Crippen LogP contribution in [0.3, 0.4) is 0 Å². The lowest BCUT2D eigenvalue weighted by Gasteiger charge is -2.05. The molecule has 26 heavy (non-hydrogen) atoms. The third kappa shape index (κ3) is 3.98. The number of benzene rings is 2. The van der Waals surface area contributed by atoms with Gasteiger partial charge in [0.2, 0.25) is 9.84 Å². The Morgan fingerprint density at radius 3 is 2.50 bits per heavy atom. The maximum absolute atomic E-state index is 12.7. The Bertz CT molecular complexity index is 1040. The maximum Gasteiger partial charge on any atom is 0.265 e. The lowest BCUT2D eigenvalue weighted by molar-refractivity contribution is 0.103. The molecule has 1 amide bonds. The SMILES string of the molecule is CCc1cccc(NC(=O)c2ccc(S(=O)(=O)c3ccc(Cl)cc3)s2)c1. The van der Waals surface area contributed by atoms with Gasteiger partial charge in [-0.3, -0.25) is 4.79 Å². The third-order valence-corrected chi connectivity index (χ3v) is 7.38. The van der Waals surface area contributed by atoms with Crippen LogP contribution in [-0.2, 0) is 16.3 Å². The van der Waals surface area contributed by atoms with Crippen molar-refractivity contribution in [3.8, 4) is 0 Å². The molecule has 0 aliphatic carbocycles. The van der Waals surface area contributed by atoms with Crippen molar-refractivity contribution in [1.82, 2.24) is 0 Å². The summed E-state index contributed by atoms with van der Waals surface area (Å²) in [4.78, 5) is 12.9. The number of halogens is 1. The van der Waals surface area contributed by atoms with Gasteiger partial charge in [0.05, 0.1) is 9.77 Å². The summed E-state index contributed by atoms with van der Waals surface area (Å²) in [6, 6.07) is 16.5. The smallest absolute Gasteiger partial charge is 0.265 e. The Balaban J connectivity index is 1.82. The quantitative estimate of drug-likeness (QED) is 0.646. The predicted octanol–water partition coefficient (Wildman–Crippen LogP) is 5.05. The molecule has 0 radical (unpaired) electrons. The first-order chi connectivity index (χ1) is 12.4. The predicted molar refractivity (Wildman–Crippen MR) is 105 cm³/mol. The normalized spacial score (nSPS) is 11.3. The summed E-state index contributed by atoms with van der Waals surface area (Å²) in [6.07, 6.45) is 0.867. The monoisotopic (exact) mass is 405 g/mol. The van der Waals surface area contributed by atoms with Crippen LogP contribution in [0.5, 0.6) is 0 Å². The molecule has 0 bridgehead atoms. The second-order valence-corrected chi connectivity index (χ2v) is 9.28. The second kappa shape index (κ2) is 7.61. The van der Waals surface area contributed by atoms with Gasteiger partial charge in [-0.15, -0.1) is 11.3 Å². The lowest BCUT2D eigenvalue weighted by Crippen LogP contribution is -2.10. The summed E-state index contributed by atoms with van der Waals surface area (Å²) >= 11 is 6.75. The highest BCUT2D eigenvalue weighted by atomic mass is 35.5. The van der Waals surface area contributed by atoms with E-state index in [9.17, 15) is 13.2 Å². The van der Waals surface area contributed by atoms with Crippen molar-refractivity contribution in [2.24, 2.45) is 0 Å². The minimum atomic E-state index is -3.67. The third-order valence-electron chi connectivity index (χ3n) is 3.79. The maximum atomic E-state index is 12.7. The van der Waals surface area contributed by atoms with E-state index in [2.05, 4.69) is 5.32 Å². The number of rotatable bonds is 5. The van der Waals surface area contributed by atoms with E-state index >= 15 is 0 Å². The number of hydrogen-bond donors (Lipinski definition) is 1. The second-order valence-electron chi connectivity index (χ2n) is 5.58. The highest BCUT2D eigenvalue weighted by Gasteiger charge is 2.21. The molecule has 0 aliphatic heterocycles. The summed E-state index contributed by atoms with van der Waals surface area (Å²) in [5.41, 5.74) is 1.80. The minimum absolute atomic E-state index is 0.118. The topological polar surface area (TPSA) is 63.2 Å². The van der Waals surface area contributed by atoms with Crippen molar-refractivity contribution >= 4 is 44.4 Å². The van der Waals surface area contributed by atoms with Gasteiger partial charge in [0, 0.05) is 10.7 Å². The largest absolute Gasteiger partial charge is 0.321 e. The molecule has 0 atom stereocenters. The molecule has 0 fully saturated rings. The fourth-order valence-electron chi connectivity index (χ4n) is 2.38. The fourth-order valence-corrected chi connectivity index (χ4v) is 5.11. The van der Waals surface area contributed by atoms with Crippen LogP contribution in [0.4, 0.5) is 5.69 Å². The molecule has 1 N–H and O–H groups in total. The molecule has 134 valence electrons. The van der Waals surface area contributed by atoms with Crippen LogP contribution < -0.4 is 5.32 Å². The zero-order chi connectivity index (χ0) is 18.7. The summed E-state index contributed by atoms with van der Waals surface area (Å²) < 4.78 is 25.4. The standard InChI is InChI=1S/C19H16ClNO3S2/c1-2-13-4-3-5-15(12-13)21-19(22)17-10-11-18(25-17)26(23,24)16-8-6-14(20)7-9-16/h3-12H,2H2,1H3,(H,21,22). The van der Waals surface area contributed by atoms with E-state index in [1.165, 1.54) is 36.4 Å². The summed E-state index contributed by atoms with van der Waals surface area (Å²) in [7, 11) is -3.67. The first-order valence-electron chi connectivity index (χ1n) is 7.91. The molecular formula is C19H16ClNO3S2. The van der Waals surface area contributed by atoms with Crippen molar-refractivity contribution in [2.45, 2.75) is 22.4 Å². The molecule has 1 aromatic heterocycles. The highest BCUT2D eigenvalue weighted by molar-refractivity contribution is 7.93. The van der Waals surface area contributed by atoms with Gasteiger partial charge in [-0.25, -0.2) is 8.42 Å². The van der Waals surface area contributed by atoms with Crippen LogP contribution in [0.2, 0.25) is 5.02 Å². The molecule has 7 heteroatoms. The van der Waals surface area contributed by atoms with Gasteiger partial charge >= 0.3 is 0 Å². The summed E-state index contributed by atoms with van der Waals surface area (Å²) in [6.45, 7) is 2.04. The van der Waals surface area contributed by atoms with Crippen LogP contribution in [0.15, 0.2) is 69.8 Å².